The molecule has 3 N–H and O–H groups in total. The van der Waals surface area contributed by atoms with Gasteiger partial charge in [-0.05, 0) is 54.1 Å². The van der Waals surface area contributed by atoms with Crippen LogP contribution in [0, 0.1) is 5.82 Å². The van der Waals surface area contributed by atoms with Crippen LogP contribution >= 0.6 is 11.6 Å². The van der Waals surface area contributed by atoms with Gasteiger partial charge < -0.3 is 16.0 Å². The predicted octanol–water partition coefficient (Wildman–Crippen LogP) is 4.45. The molecule has 8 heteroatoms. The molecular formula is C20H16ClFN4O2. The van der Waals surface area contributed by atoms with Crippen molar-refractivity contribution < 1.29 is 14.0 Å². The Balaban J connectivity index is 1.53. The average Bonchev–Trinajstić information content (AvgIpc) is 2.69. The first-order valence-electron chi connectivity index (χ1n) is 8.32. The van der Waals surface area contributed by atoms with Gasteiger partial charge in [0.1, 0.15) is 5.82 Å². The molecule has 0 spiro atoms. The van der Waals surface area contributed by atoms with Gasteiger partial charge in [0.05, 0.1) is 5.69 Å². The highest BCUT2D eigenvalue weighted by molar-refractivity contribution is 6.32. The van der Waals surface area contributed by atoms with E-state index in [0.29, 0.717) is 16.9 Å². The van der Waals surface area contributed by atoms with E-state index in [1.807, 2.05) is 0 Å². The highest BCUT2D eigenvalue weighted by atomic mass is 35.5. The molecular weight excluding hydrogens is 383 g/mol. The van der Waals surface area contributed by atoms with E-state index in [9.17, 15) is 14.0 Å². The minimum Gasteiger partial charge on any atom is -0.348 e. The Morgan fingerprint density at radius 1 is 0.964 bits per heavy atom. The SMILES string of the molecule is O=C(Nc1ccc(C(=O)NCc2ccc(F)cc2)cc1)Nc1cccnc1Cl. The molecule has 3 aromatic rings. The molecule has 142 valence electrons. The second kappa shape index (κ2) is 8.96. The Labute approximate surface area is 165 Å². The van der Waals surface area contributed by atoms with Gasteiger partial charge in [-0.15, -0.1) is 0 Å². The fraction of sp³-hybridized carbons (Fsp3) is 0.0500. The fourth-order valence-electron chi connectivity index (χ4n) is 2.36. The highest BCUT2D eigenvalue weighted by Gasteiger charge is 2.08. The number of carbonyl (C=O) groups excluding carboxylic acids is 2. The summed E-state index contributed by atoms with van der Waals surface area (Å²) in [6, 6.07) is 15.1. The number of halogens is 2. The zero-order valence-corrected chi connectivity index (χ0v) is 15.3. The van der Waals surface area contributed by atoms with Gasteiger partial charge in [0.15, 0.2) is 5.15 Å². The summed E-state index contributed by atoms with van der Waals surface area (Å²) in [5.41, 5.74) is 2.12. The number of hydrogen-bond acceptors (Lipinski definition) is 3. The summed E-state index contributed by atoms with van der Waals surface area (Å²) in [7, 11) is 0. The maximum absolute atomic E-state index is 12.9. The first-order chi connectivity index (χ1) is 13.5. The van der Waals surface area contributed by atoms with Crippen molar-refractivity contribution in [3.63, 3.8) is 0 Å². The van der Waals surface area contributed by atoms with Crippen molar-refractivity contribution in [2.24, 2.45) is 0 Å². The summed E-state index contributed by atoms with van der Waals surface area (Å²) in [5, 5.41) is 8.17. The summed E-state index contributed by atoms with van der Waals surface area (Å²) < 4.78 is 12.9. The van der Waals surface area contributed by atoms with Crippen LogP contribution in [-0.4, -0.2) is 16.9 Å². The van der Waals surface area contributed by atoms with Crippen molar-refractivity contribution in [1.29, 1.82) is 0 Å². The molecule has 0 aliphatic rings. The number of nitrogens with zero attached hydrogens (tertiary/aromatic N) is 1. The third-order valence-corrected chi connectivity index (χ3v) is 4.08. The lowest BCUT2D eigenvalue weighted by Crippen LogP contribution is -2.23. The molecule has 0 aliphatic heterocycles. The van der Waals surface area contributed by atoms with Crippen LogP contribution in [-0.2, 0) is 6.54 Å². The van der Waals surface area contributed by atoms with Gasteiger partial charge in [-0.1, -0.05) is 23.7 Å². The van der Waals surface area contributed by atoms with Gasteiger partial charge in [-0.2, -0.15) is 0 Å². The van der Waals surface area contributed by atoms with Crippen molar-refractivity contribution in [3.05, 3.63) is 89.0 Å². The Morgan fingerprint density at radius 3 is 2.36 bits per heavy atom. The third-order valence-electron chi connectivity index (χ3n) is 3.78. The number of nitrogens with one attached hydrogen (secondary N) is 3. The summed E-state index contributed by atoms with van der Waals surface area (Å²) in [6.07, 6.45) is 1.52. The number of pyridine rings is 1. The van der Waals surface area contributed by atoms with E-state index < -0.39 is 6.03 Å². The van der Waals surface area contributed by atoms with E-state index >= 15 is 0 Å². The predicted molar refractivity (Wildman–Crippen MR) is 106 cm³/mol. The molecule has 0 bridgehead atoms. The maximum atomic E-state index is 12.9. The number of aromatic nitrogens is 1. The summed E-state index contributed by atoms with van der Waals surface area (Å²) in [6.45, 7) is 0.285. The van der Waals surface area contributed by atoms with Crippen molar-refractivity contribution in [2.45, 2.75) is 6.54 Å². The van der Waals surface area contributed by atoms with E-state index in [1.165, 1.54) is 18.3 Å². The van der Waals surface area contributed by atoms with Crippen LogP contribution < -0.4 is 16.0 Å². The van der Waals surface area contributed by atoms with Crippen molar-refractivity contribution in [1.82, 2.24) is 10.3 Å². The molecule has 0 atom stereocenters. The first-order valence-corrected chi connectivity index (χ1v) is 8.70. The quantitative estimate of drug-likeness (QED) is 0.555. The molecule has 0 aliphatic carbocycles. The number of amides is 3. The largest absolute Gasteiger partial charge is 0.348 e. The van der Waals surface area contributed by atoms with Crippen LogP contribution in [0.1, 0.15) is 15.9 Å². The molecule has 1 heterocycles. The van der Waals surface area contributed by atoms with Crippen molar-refractivity contribution >= 4 is 34.9 Å². The Morgan fingerprint density at radius 2 is 1.68 bits per heavy atom. The summed E-state index contributed by atoms with van der Waals surface area (Å²) in [4.78, 5) is 28.1. The summed E-state index contributed by atoms with van der Waals surface area (Å²) >= 11 is 5.89. The van der Waals surface area contributed by atoms with E-state index in [1.54, 1.807) is 48.5 Å². The molecule has 0 fully saturated rings. The van der Waals surface area contributed by atoms with Gasteiger partial charge in [-0.3, -0.25) is 4.79 Å². The Hall–Kier alpha value is -3.45. The van der Waals surface area contributed by atoms with Gasteiger partial charge >= 0.3 is 6.03 Å². The second-order valence-corrected chi connectivity index (χ2v) is 6.17. The van der Waals surface area contributed by atoms with E-state index in [4.69, 9.17) is 11.6 Å². The smallest absolute Gasteiger partial charge is 0.323 e. The van der Waals surface area contributed by atoms with Gasteiger partial charge in [0.25, 0.3) is 5.91 Å². The number of hydrogen-bond donors (Lipinski definition) is 3. The molecule has 1 aromatic heterocycles. The van der Waals surface area contributed by atoms with Crippen molar-refractivity contribution in [3.8, 4) is 0 Å². The zero-order chi connectivity index (χ0) is 19.9. The first kappa shape index (κ1) is 19.3. The van der Waals surface area contributed by atoms with Crippen LogP contribution in [0.25, 0.3) is 0 Å². The van der Waals surface area contributed by atoms with E-state index in [2.05, 4.69) is 20.9 Å². The topological polar surface area (TPSA) is 83.1 Å². The Kier molecular flexibility index (Phi) is 6.18. The fourth-order valence-corrected chi connectivity index (χ4v) is 2.52. The molecule has 2 aromatic carbocycles. The number of benzene rings is 2. The number of anilines is 2. The average molecular weight is 399 g/mol. The standard InChI is InChI=1S/C20H16ClFN4O2/c21-18-17(2-1-11-23-18)26-20(28)25-16-9-5-14(6-10-16)19(27)24-12-13-3-7-15(22)8-4-13/h1-11H,12H2,(H,24,27)(H2,25,26,28). The molecule has 6 nitrogen and oxygen atoms in total. The number of carbonyl (C=O) groups is 2. The summed E-state index contributed by atoms with van der Waals surface area (Å²) in [5.74, 6) is -0.601. The normalized spacial score (nSPS) is 10.2. The highest BCUT2D eigenvalue weighted by Crippen LogP contribution is 2.18. The minimum absolute atomic E-state index is 0.186. The van der Waals surface area contributed by atoms with Crippen LogP contribution in [0.15, 0.2) is 66.9 Å². The number of rotatable bonds is 5. The molecule has 0 unspecified atom stereocenters. The van der Waals surface area contributed by atoms with E-state index in [0.717, 1.165) is 5.56 Å². The minimum atomic E-state index is -0.483. The molecule has 3 amide bonds. The van der Waals surface area contributed by atoms with Crippen LogP contribution in [0.4, 0.5) is 20.6 Å². The Bertz CT molecular complexity index is 978. The van der Waals surface area contributed by atoms with Gasteiger partial charge in [-0.25, -0.2) is 14.2 Å². The van der Waals surface area contributed by atoms with Crippen LogP contribution in [0.2, 0.25) is 5.15 Å². The monoisotopic (exact) mass is 398 g/mol. The lowest BCUT2D eigenvalue weighted by atomic mass is 10.1. The second-order valence-electron chi connectivity index (χ2n) is 5.81. The van der Waals surface area contributed by atoms with E-state index in [-0.39, 0.29) is 23.4 Å². The molecule has 0 saturated carbocycles. The maximum Gasteiger partial charge on any atom is 0.323 e. The molecule has 28 heavy (non-hydrogen) atoms. The lowest BCUT2D eigenvalue weighted by molar-refractivity contribution is 0.0951. The van der Waals surface area contributed by atoms with Crippen molar-refractivity contribution in [2.75, 3.05) is 10.6 Å². The van der Waals surface area contributed by atoms with Gasteiger partial charge in [0.2, 0.25) is 0 Å². The molecule has 0 radical (unpaired) electrons. The third kappa shape index (κ3) is 5.28. The molecule has 3 rings (SSSR count). The van der Waals surface area contributed by atoms with Gasteiger partial charge in [0, 0.05) is 24.0 Å². The number of urea groups is 1. The zero-order valence-electron chi connectivity index (χ0n) is 14.6. The van der Waals surface area contributed by atoms with Crippen LogP contribution in [0.5, 0.6) is 0 Å². The van der Waals surface area contributed by atoms with Crippen LogP contribution in [0.3, 0.4) is 0 Å². The lowest BCUT2D eigenvalue weighted by Gasteiger charge is -2.09. The molecule has 0 saturated heterocycles.